The highest BCUT2D eigenvalue weighted by Gasteiger charge is 2.45. The molecule has 1 aliphatic heterocycles. The maximum Gasteiger partial charge on any atom is 0.254 e. The summed E-state index contributed by atoms with van der Waals surface area (Å²) in [4.78, 5) is 32.0. The van der Waals surface area contributed by atoms with Gasteiger partial charge in [0.05, 0.1) is 26.2 Å². The number of methoxy groups -OCH3 is 2. The van der Waals surface area contributed by atoms with Crippen molar-refractivity contribution in [3.63, 3.8) is 0 Å². The van der Waals surface area contributed by atoms with Gasteiger partial charge in [-0.3, -0.25) is 9.59 Å². The van der Waals surface area contributed by atoms with Crippen LogP contribution in [0.5, 0.6) is 11.5 Å². The fourth-order valence-corrected chi connectivity index (χ4v) is 5.90. The van der Waals surface area contributed by atoms with E-state index in [2.05, 4.69) is 0 Å². The highest BCUT2D eigenvalue weighted by molar-refractivity contribution is 7.10. The van der Waals surface area contributed by atoms with Gasteiger partial charge in [0.2, 0.25) is 5.91 Å². The summed E-state index contributed by atoms with van der Waals surface area (Å²) in [6.07, 6.45) is 5.61. The minimum atomic E-state index is -0.497. The van der Waals surface area contributed by atoms with Gasteiger partial charge in [-0.2, -0.15) is 0 Å². The van der Waals surface area contributed by atoms with Gasteiger partial charge in [0.1, 0.15) is 0 Å². The highest BCUT2D eigenvalue weighted by atomic mass is 32.1. The van der Waals surface area contributed by atoms with Crippen molar-refractivity contribution in [2.75, 3.05) is 28.3 Å². The zero-order chi connectivity index (χ0) is 22.1. The van der Waals surface area contributed by atoms with E-state index >= 15 is 0 Å². The summed E-state index contributed by atoms with van der Waals surface area (Å²) in [6.45, 7) is 0. The van der Waals surface area contributed by atoms with Crippen molar-refractivity contribution in [1.29, 1.82) is 0 Å². The molecule has 2 atom stereocenters. The van der Waals surface area contributed by atoms with E-state index in [0.717, 1.165) is 30.6 Å². The van der Waals surface area contributed by atoms with Crippen LogP contribution in [0.1, 0.15) is 64.9 Å². The number of carbonyl (C=O) groups is 2. The molecular formula is C24H30N2O4S. The van der Waals surface area contributed by atoms with Crippen LogP contribution in [-0.4, -0.2) is 56.0 Å². The van der Waals surface area contributed by atoms with E-state index in [-0.39, 0.29) is 23.9 Å². The van der Waals surface area contributed by atoms with Crippen LogP contribution in [-0.2, 0) is 4.79 Å². The Balaban J connectivity index is 1.84. The number of fused-ring (bicyclic) bond motifs is 1. The Morgan fingerprint density at radius 2 is 1.81 bits per heavy atom. The summed E-state index contributed by atoms with van der Waals surface area (Å²) < 4.78 is 11.0. The monoisotopic (exact) mass is 442 g/mol. The first-order valence-electron chi connectivity index (χ1n) is 10.8. The third kappa shape index (κ3) is 3.80. The lowest BCUT2D eigenvalue weighted by Crippen LogP contribution is -2.48. The number of ether oxygens (including phenoxy) is 2. The number of likely N-dealkylation sites (N-methyl/N-ethyl adjacent to an activating group) is 2. The first-order chi connectivity index (χ1) is 15.0. The second-order valence-corrected chi connectivity index (χ2v) is 9.37. The third-order valence-electron chi connectivity index (χ3n) is 6.75. The van der Waals surface area contributed by atoms with Gasteiger partial charge in [-0.25, -0.2) is 0 Å². The number of carbonyl (C=O) groups excluding carboxylic acids is 2. The number of hydrogen-bond donors (Lipinski definition) is 0. The predicted molar refractivity (Wildman–Crippen MR) is 121 cm³/mol. The van der Waals surface area contributed by atoms with E-state index in [0.29, 0.717) is 22.6 Å². The van der Waals surface area contributed by atoms with E-state index < -0.39 is 5.92 Å². The molecule has 2 aromatic rings. The molecule has 166 valence electrons. The molecule has 1 aromatic heterocycles. The van der Waals surface area contributed by atoms with Gasteiger partial charge in [-0.1, -0.05) is 25.3 Å². The molecule has 2 aliphatic rings. The zero-order valence-electron chi connectivity index (χ0n) is 18.6. The van der Waals surface area contributed by atoms with Gasteiger partial charge < -0.3 is 19.3 Å². The number of amides is 2. The van der Waals surface area contributed by atoms with Crippen molar-refractivity contribution in [3.05, 3.63) is 45.6 Å². The van der Waals surface area contributed by atoms with Crippen molar-refractivity contribution >= 4 is 23.2 Å². The van der Waals surface area contributed by atoms with Crippen LogP contribution in [0.2, 0.25) is 0 Å². The van der Waals surface area contributed by atoms with Crippen molar-refractivity contribution in [2.45, 2.75) is 50.1 Å². The first-order valence-corrected chi connectivity index (χ1v) is 11.7. The van der Waals surface area contributed by atoms with Crippen molar-refractivity contribution in [2.24, 2.45) is 0 Å². The van der Waals surface area contributed by atoms with E-state index in [9.17, 15) is 9.59 Å². The molecule has 0 spiro atoms. The summed E-state index contributed by atoms with van der Waals surface area (Å²) in [6, 6.07) is 7.39. The summed E-state index contributed by atoms with van der Waals surface area (Å²) >= 11 is 1.58. The lowest BCUT2D eigenvalue weighted by atomic mass is 9.80. The van der Waals surface area contributed by atoms with E-state index in [1.807, 2.05) is 35.5 Å². The average molecular weight is 443 g/mol. The Labute approximate surface area is 187 Å². The molecule has 2 amide bonds. The van der Waals surface area contributed by atoms with Gasteiger partial charge in [-0.15, -0.1) is 11.3 Å². The minimum Gasteiger partial charge on any atom is -0.493 e. The average Bonchev–Trinajstić information content (AvgIpc) is 3.34. The van der Waals surface area contributed by atoms with Crippen LogP contribution >= 0.6 is 11.3 Å². The van der Waals surface area contributed by atoms with Gasteiger partial charge in [-0.05, 0) is 42.0 Å². The number of nitrogens with zero attached hydrogens (tertiary/aromatic N) is 2. The standard InChI is InChI=1S/C24H30N2O4S/c1-25(15-9-6-5-7-10-15)24(28)21-16-13-18(29-3)19(30-4)14-17(16)23(27)26(2)22(21)20-11-8-12-31-20/h8,11-15,21-22H,5-7,9-10H2,1-4H3/t21-,22-/m0/s1. The second-order valence-electron chi connectivity index (χ2n) is 8.39. The Bertz CT molecular complexity index is 953. The molecule has 0 saturated heterocycles. The van der Waals surface area contributed by atoms with Gasteiger partial charge >= 0.3 is 0 Å². The molecule has 1 aromatic carbocycles. The molecule has 0 bridgehead atoms. The van der Waals surface area contributed by atoms with Crippen molar-refractivity contribution in [1.82, 2.24) is 9.80 Å². The molecule has 2 heterocycles. The van der Waals surface area contributed by atoms with Crippen LogP contribution < -0.4 is 9.47 Å². The number of benzene rings is 1. The van der Waals surface area contributed by atoms with Gasteiger partial charge in [0.15, 0.2) is 11.5 Å². The van der Waals surface area contributed by atoms with Crippen molar-refractivity contribution < 1.29 is 19.1 Å². The Kier molecular flexibility index (Phi) is 6.23. The molecule has 1 saturated carbocycles. The minimum absolute atomic E-state index is 0.0538. The molecule has 31 heavy (non-hydrogen) atoms. The van der Waals surface area contributed by atoms with E-state index in [1.165, 1.54) is 6.42 Å². The van der Waals surface area contributed by atoms with E-state index in [4.69, 9.17) is 9.47 Å². The van der Waals surface area contributed by atoms with Crippen molar-refractivity contribution in [3.8, 4) is 11.5 Å². The molecule has 7 heteroatoms. The third-order valence-corrected chi connectivity index (χ3v) is 7.69. The Morgan fingerprint density at radius 1 is 1.13 bits per heavy atom. The number of hydrogen-bond acceptors (Lipinski definition) is 5. The number of thiophene rings is 1. The number of rotatable bonds is 5. The topological polar surface area (TPSA) is 59.1 Å². The molecule has 1 aliphatic carbocycles. The van der Waals surface area contributed by atoms with Crippen LogP contribution in [0, 0.1) is 0 Å². The molecule has 0 N–H and O–H groups in total. The molecular weight excluding hydrogens is 412 g/mol. The maximum atomic E-state index is 14.0. The van der Waals surface area contributed by atoms with Crippen LogP contribution in [0.4, 0.5) is 0 Å². The molecule has 0 radical (unpaired) electrons. The fourth-order valence-electron chi connectivity index (χ4n) is 5.00. The SMILES string of the molecule is COc1cc2c(cc1OC)[C@H](C(=O)N(C)C1CCCCC1)[C@H](c1cccs1)N(C)C2=O. The van der Waals surface area contributed by atoms with E-state index in [1.54, 1.807) is 43.6 Å². The van der Waals surface area contributed by atoms with Crippen LogP contribution in [0.25, 0.3) is 0 Å². The summed E-state index contributed by atoms with van der Waals surface area (Å²) in [7, 11) is 6.83. The molecule has 0 unspecified atom stereocenters. The lowest BCUT2D eigenvalue weighted by Gasteiger charge is -2.42. The fraction of sp³-hybridized carbons (Fsp3) is 0.500. The summed E-state index contributed by atoms with van der Waals surface area (Å²) in [5.41, 5.74) is 1.22. The van der Waals surface area contributed by atoms with Gasteiger partial charge in [0.25, 0.3) is 5.91 Å². The quantitative estimate of drug-likeness (QED) is 0.686. The normalized spacial score (nSPS) is 21.5. The Hall–Kier alpha value is -2.54. The summed E-state index contributed by atoms with van der Waals surface area (Å²) in [5, 5.41) is 1.99. The predicted octanol–water partition coefficient (Wildman–Crippen LogP) is 4.47. The van der Waals surface area contributed by atoms with Crippen LogP contribution in [0.3, 0.4) is 0 Å². The first kappa shape index (κ1) is 21.7. The van der Waals surface area contributed by atoms with Gasteiger partial charge in [0, 0.05) is 30.6 Å². The highest BCUT2D eigenvalue weighted by Crippen LogP contribution is 2.47. The zero-order valence-corrected chi connectivity index (χ0v) is 19.4. The van der Waals surface area contributed by atoms with Crippen LogP contribution in [0.15, 0.2) is 29.6 Å². The lowest BCUT2D eigenvalue weighted by molar-refractivity contribution is -0.135. The smallest absolute Gasteiger partial charge is 0.254 e. The second kappa shape index (κ2) is 8.91. The Morgan fingerprint density at radius 3 is 2.42 bits per heavy atom. The molecule has 1 fully saturated rings. The maximum absolute atomic E-state index is 14.0. The largest absolute Gasteiger partial charge is 0.493 e. The summed E-state index contributed by atoms with van der Waals surface area (Å²) in [5.74, 6) is 0.464. The molecule has 4 rings (SSSR count). The molecule has 6 nitrogen and oxygen atoms in total.